The predicted molar refractivity (Wildman–Crippen MR) is 70.7 cm³/mol. The molecule has 1 aromatic rings. The summed E-state index contributed by atoms with van der Waals surface area (Å²) in [4.78, 5) is 11.3. The number of carbonyl (C=O) groups is 1. The van der Waals surface area contributed by atoms with Gasteiger partial charge in [0.15, 0.2) is 0 Å². The van der Waals surface area contributed by atoms with Crippen LogP contribution in [0.3, 0.4) is 0 Å². The summed E-state index contributed by atoms with van der Waals surface area (Å²) < 4.78 is 13.5. The highest BCUT2D eigenvalue weighted by Gasteiger charge is 2.04. The van der Waals surface area contributed by atoms with E-state index in [4.69, 9.17) is 5.26 Å². The number of amides is 1. The van der Waals surface area contributed by atoms with E-state index in [-0.39, 0.29) is 5.91 Å². The van der Waals surface area contributed by atoms with Crippen LogP contribution >= 0.6 is 0 Å². The molecule has 0 unspecified atom stereocenters. The highest BCUT2D eigenvalue weighted by molar-refractivity contribution is 5.75. The van der Waals surface area contributed by atoms with Gasteiger partial charge in [-0.3, -0.25) is 4.79 Å². The van der Waals surface area contributed by atoms with Crippen molar-refractivity contribution in [1.82, 2.24) is 10.6 Å². The van der Waals surface area contributed by atoms with Crippen molar-refractivity contribution >= 4 is 5.91 Å². The van der Waals surface area contributed by atoms with Gasteiger partial charge in [-0.05, 0) is 18.6 Å². The second-order valence-electron chi connectivity index (χ2n) is 4.19. The Hall–Kier alpha value is -1.93. The van der Waals surface area contributed by atoms with Gasteiger partial charge in [0.05, 0.1) is 11.6 Å². The average molecular weight is 263 g/mol. The van der Waals surface area contributed by atoms with Gasteiger partial charge in [0.2, 0.25) is 5.91 Å². The normalized spacial score (nSPS) is 9.95. The lowest BCUT2D eigenvalue weighted by atomic mass is 10.1. The number of nitrogens with zero attached hydrogens (tertiary/aromatic N) is 1. The van der Waals surface area contributed by atoms with Gasteiger partial charge in [-0.2, -0.15) is 5.26 Å². The van der Waals surface area contributed by atoms with E-state index in [9.17, 15) is 9.18 Å². The summed E-state index contributed by atoms with van der Waals surface area (Å²) in [5.41, 5.74) is 0.799. The van der Waals surface area contributed by atoms with E-state index in [1.807, 2.05) is 13.0 Å². The molecule has 0 aliphatic carbocycles. The van der Waals surface area contributed by atoms with E-state index < -0.39 is 5.82 Å². The van der Waals surface area contributed by atoms with Crippen LogP contribution in [0.4, 0.5) is 4.39 Å². The molecular weight excluding hydrogens is 245 g/mol. The molecule has 5 heteroatoms. The molecule has 0 aromatic heterocycles. The van der Waals surface area contributed by atoms with Gasteiger partial charge in [-0.15, -0.1) is 0 Å². The van der Waals surface area contributed by atoms with E-state index in [2.05, 4.69) is 10.6 Å². The van der Waals surface area contributed by atoms with Crippen LogP contribution in [0.25, 0.3) is 0 Å². The number of carbonyl (C=O) groups excluding carboxylic acids is 1. The van der Waals surface area contributed by atoms with Gasteiger partial charge in [-0.25, -0.2) is 4.39 Å². The third-order valence-corrected chi connectivity index (χ3v) is 2.60. The zero-order valence-corrected chi connectivity index (χ0v) is 11.0. The second kappa shape index (κ2) is 8.22. The maximum absolute atomic E-state index is 13.5. The maximum Gasteiger partial charge on any atom is 0.221 e. The molecule has 0 radical (unpaired) electrons. The van der Waals surface area contributed by atoms with E-state index in [0.29, 0.717) is 37.2 Å². The third kappa shape index (κ3) is 5.49. The first-order valence-corrected chi connectivity index (χ1v) is 6.33. The Labute approximate surface area is 112 Å². The minimum atomic E-state index is -0.401. The second-order valence-corrected chi connectivity index (χ2v) is 4.19. The molecule has 102 valence electrons. The number of rotatable bonds is 7. The Balaban J connectivity index is 2.30. The van der Waals surface area contributed by atoms with Crippen LogP contribution in [-0.4, -0.2) is 19.0 Å². The zero-order chi connectivity index (χ0) is 14.1. The Morgan fingerprint density at radius 1 is 1.42 bits per heavy atom. The van der Waals surface area contributed by atoms with Gasteiger partial charge in [0.25, 0.3) is 0 Å². The molecule has 1 amide bonds. The van der Waals surface area contributed by atoms with Crippen molar-refractivity contribution in [3.8, 4) is 6.07 Å². The summed E-state index contributed by atoms with van der Waals surface area (Å²) >= 11 is 0. The van der Waals surface area contributed by atoms with Crippen molar-refractivity contribution in [3.05, 3.63) is 35.1 Å². The first-order valence-electron chi connectivity index (χ1n) is 6.33. The van der Waals surface area contributed by atoms with E-state index in [1.54, 1.807) is 12.1 Å². The van der Waals surface area contributed by atoms with E-state index >= 15 is 0 Å². The largest absolute Gasteiger partial charge is 0.356 e. The van der Waals surface area contributed by atoms with Crippen molar-refractivity contribution in [2.45, 2.75) is 26.3 Å². The van der Waals surface area contributed by atoms with Gasteiger partial charge in [-0.1, -0.05) is 13.0 Å². The molecule has 0 saturated carbocycles. The van der Waals surface area contributed by atoms with Crippen LogP contribution in [0.1, 0.15) is 30.9 Å². The van der Waals surface area contributed by atoms with Crippen molar-refractivity contribution < 1.29 is 9.18 Å². The number of nitriles is 1. The fraction of sp³-hybridized carbons (Fsp3) is 0.429. The average Bonchev–Trinajstić information content (AvgIpc) is 2.42. The van der Waals surface area contributed by atoms with Crippen molar-refractivity contribution in [1.29, 1.82) is 5.26 Å². The molecule has 4 nitrogen and oxygen atoms in total. The van der Waals surface area contributed by atoms with Crippen LogP contribution in [0.15, 0.2) is 18.2 Å². The number of benzene rings is 1. The molecule has 1 rings (SSSR count). The van der Waals surface area contributed by atoms with Crippen molar-refractivity contribution in [3.63, 3.8) is 0 Å². The lowest BCUT2D eigenvalue weighted by molar-refractivity contribution is -0.120. The molecular formula is C14H18FN3O. The fourth-order valence-corrected chi connectivity index (χ4v) is 1.54. The monoisotopic (exact) mass is 263 g/mol. The van der Waals surface area contributed by atoms with Crippen LogP contribution in [0.2, 0.25) is 0 Å². The minimum absolute atomic E-state index is 0.00495. The first-order chi connectivity index (χ1) is 9.17. The SMILES string of the molecule is CCCNC(=O)CCNCc1ccc(C#N)cc1F. The lowest BCUT2D eigenvalue weighted by Crippen LogP contribution is -2.28. The number of nitrogens with one attached hydrogen (secondary N) is 2. The Bertz CT molecular complexity index is 468. The van der Waals surface area contributed by atoms with Gasteiger partial charge in [0.1, 0.15) is 5.82 Å². The lowest BCUT2D eigenvalue weighted by Gasteiger charge is -2.06. The topological polar surface area (TPSA) is 64.9 Å². The third-order valence-electron chi connectivity index (χ3n) is 2.60. The number of hydrogen-bond donors (Lipinski definition) is 2. The highest BCUT2D eigenvalue weighted by Crippen LogP contribution is 2.09. The Morgan fingerprint density at radius 3 is 2.84 bits per heavy atom. The van der Waals surface area contributed by atoms with Gasteiger partial charge >= 0.3 is 0 Å². The number of halogens is 1. The van der Waals surface area contributed by atoms with Crippen LogP contribution < -0.4 is 10.6 Å². The summed E-state index contributed by atoms with van der Waals surface area (Å²) in [6.45, 7) is 3.52. The molecule has 1 aromatic carbocycles. The fourth-order valence-electron chi connectivity index (χ4n) is 1.54. The van der Waals surface area contributed by atoms with E-state index in [0.717, 1.165) is 6.42 Å². The maximum atomic E-state index is 13.5. The molecule has 0 saturated heterocycles. The summed E-state index contributed by atoms with van der Waals surface area (Å²) in [6, 6.07) is 6.26. The first kappa shape index (κ1) is 15.1. The summed E-state index contributed by atoms with van der Waals surface area (Å²) in [7, 11) is 0. The molecule has 0 spiro atoms. The molecule has 2 N–H and O–H groups in total. The van der Waals surface area contributed by atoms with Crippen LogP contribution in [-0.2, 0) is 11.3 Å². The standard InChI is InChI=1S/C14H18FN3O/c1-2-6-18-14(19)5-7-17-10-12-4-3-11(9-16)8-13(12)15/h3-4,8,17H,2,5-7,10H2,1H3,(H,18,19). The van der Waals surface area contributed by atoms with Crippen molar-refractivity contribution in [2.75, 3.05) is 13.1 Å². The van der Waals surface area contributed by atoms with E-state index in [1.165, 1.54) is 6.07 Å². The highest BCUT2D eigenvalue weighted by atomic mass is 19.1. The quantitative estimate of drug-likeness (QED) is 0.736. The molecule has 0 heterocycles. The Kier molecular flexibility index (Phi) is 6.55. The predicted octanol–water partition coefficient (Wildman–Crippen LogP) is 1.70. The smallest absolute Gasteiger partial charge is 0.221 e. The summed E-state index contributed by atoms with van der Waals surface area (Å²) in [5, 5.41) is 14.4. The Morgan fingerprint density at radius 2 is 2.21 bits per heavy atom. The molecule has 19 heavy (non-hydrogen) atoms. The molecule has 0 fully saturated rings. The van der Waals surface area contributed by atoms with Crippen LogP contribution in [0.5, 0.6) is 0 Å². The van der Waals surface area contributed by atoms with Crippen molar-refractivity contribution in [2.24, 2.45) is 0 Å². The number of hydrogen-bond acceptors (Lipinski definition) is 3. The minimum Gasteiger partial charge on any atom is -0.356 e. The molecule has 0 aliphatic rings. The molecule has 0 atom stereocenters. The summed E-state index contributed by atoms with van der Waals surface area (Å²) in [6.07, 6.45) is 1.29. The van der Waals surface area contributed by atoms with Gasteiger partial charge < -0.3 is 10.6 Å². The van der Waals surface area contributed by atoms with Gasteiger partial charge in [0, 0.05) is 31.6 Å². The zero-order valence-electron chi connectivity index (χ0n) is 11.0. The van der Waals surface area contributed by atoms with Crippen LogP contribution in [0, 0.1) is 17.1 Å². The molecule has 0 aliphatic heterocycles. The molecule has 0 bridgehead atoms. The summed E-state index contributed by atoms with van der Waals surface area (Å²) in [5.74, 6) is -0.406.